The van der Waals surface area contributed by atoms with Crippen molar-refractivity contribution < 1.29 is 27.9 Å². The quantitative estimate of drug-likeness (QED) is 0.128. The number of carbonyl (C=O) groups excluding carboxylic acids is 3. The van der Waals surface area contributed by atoms with Crippen molar-refractivity contribution in [3.05, 3.63) is 95.8 Å². The number of halogens is 3. The summed E-state index contributed by atoms with van der Waals surface area (Å²) in [5.41, 5.74) is 5.45. The first-order valence-corrected chi connectivity index (χ1v) is 11.3. The summed E-state index contributed by atoms with van der Waals surface area (Å²) in [6.07, 6.45) is 4.18. The minimum atomic E-state index is -0.933. The minimum absolute atomic E-state index is 0.00195. The van der Waals surface area contributed by atoms with Crippen molar-refractivity contribution in [1.82, 2.24) is 9.88 Å². The number of nitrogens with one attached hydrogen (secondary N) is 1. The molecule has 9 nitrogen and oxygen atoms in total. The standard InChI is InChI=1S/C26H22ClF2N5O4/c1-3-12-34(15-35)14-19(26(37)33(2)18-7-4-16(28)5-8-18)25(36)32-17-6-9-21(20(29)13-17)38-22-10-11-31-24(30)23(22)27/h3-11,13-15H,1,12H2,2H3,(H2,30,31)(H,32,36)/b19-14-. The van der Waals surface area contributed by atoms with Gasteiger partial charge in [-0.3, -0.25) is 14.4 Å². The first kappa shape index (κ1) is 27.8. The van der Waals surface area contributed by atoms with E-state index in [9.17, 15) is 23.2 Å². The number of anilines is 3. The summed E-state index contributed by atoms with van der Waals surface area (Å²) in [7, 11) is 1.37. The van der Waals surface area contributed by atoms with Crippen molar-refractivity contribution in [1.29, 1.82) is 0 Å². The van der Waals surface area contributed by atoms with Crippen LogP contribution in [0.15, 0.2) is 79.2 Å². The Labute approximate surface area is 221 Å². The molecule has 2 aromatic carbocycles. The summed E-state index contributed by atoms with van der Waals surface area (Å²) >= 11 is 6.03. The maximum atomic E-state index is 14.8. The molecule has 0 fully saturated rings. The molecule has 0 aliphatic carbocycles. The van der Waals surface area contributed by atoms with Crippen LogP contribution in [-0.4, -0.2) is 41.7 Å². The lowest BCUT2D eigenvalue weighted by Crippen LogP contribution is -2.34. The second-order valence-electron chi connectivity index (χ2n) is 7.68. The average Bonchev–Trinajstić information content (AvgIpc) is 2.90. The summed E-state index contributed by atoms with van der Waals surface area (Å²) in [6, 6.07) is 9.94. The number of aromatic nitrogens is 1. The molecular formula is C26H22ClF2N5O4. The van der Waals surface area contributed by atoms with E-state index in [1.54, 1.807) is 0 Å². The van der Waals surface area contributed by atoms with Crippen LogP contribution >= 0.6 is 11.6 Å². The Morgan fingerprint density at radius 3 is 2.50 bits per heavy atom. The summed E-state index contributed by atoms with van der Waals surface area (Å²) in [5.74, 6) is -3.24. The highest BCUT2D eigenvalue weighted by Crippen LogP contribution is 2.34. The fourth-order valence-corrected chi connectivity index (χ4v) is 3.26. The summed E-state index contributed by atoms with van der Waals surface area (Å²) in [4.78, 5) is 43.7. The minimum Gasteiger partial charge on any atom is -0.453 e. The topological polar surface area (TPSA) is 118 Å². The van der Waals surface area contributed by atoms with E-state index in [0.29, 0.717) is 12.1 Å². The van der Waals surface area contributed by atoms with E-state index >= 15 is 0 Å². The van der Waals surface area contributed by atoms with Crippen LogP contribution in [0.3, 0.4) is 0 Å². The molecule has 12 heteroatoms. The van der Waals surface area contributed by atoms with E-state index < -0.39 is 29.0 Å². The predicted molar refractivity (Wildman–Crippen MR) is 140 cm³/mol. The SMILES string of the molecule is C=CCN(C=O)/C=C(/C(=O)Nc1ccc(Oc2ccnc(N)c2Cl)c(F)c1)C(=O)N(C)c1ccc(F)cc1. The van der Waals surface area contributed by atoms with E-state index in [4.69, 9.17) is 22.1 Å². The normalized spacial score (nSPS) is 10.9. The summed E-state index contributed by atoms with van der Waals surface area (Å²) in [6.45, 7) is 3.54. The largest absolute Gasteiger partial charge is 0.453 e. The summed E-state index contributed by atoms with van der Waals surface area (Å²) < 4.78 is 33.5. The first-order chi connectivity index (χ1) is 18.1. The molecule has 3 N–H and O–H groups in total. The number of rotatable bonds is 10. The van der Waals surface area contributed by atoms with Crippen molar-refractivity contribution in [2.45, 2.75) is 0 Å². The zero-order chi connectivity index (χ0) is 27.8. The van der Waals surface area contributed by atoms with Gasteiger partial charge in [-0.15, -0.1) is 6.58 Å². The number of pyridine rings is 1. The molecule has 0 unspecified atom stereocenters. The van der Waals surface area contributed by atoms with Crippen LogP contribution in [0.5, 0.6) is 11.5 Å². The van der Waals surface area contributed by atoms with E-state index in [1.807, 2.05) is 0 Å². The molecule has 196 valence electrons. The molecule has 0 atom stereocenters. The van der Waals surface area contributed by atoms with Gasteiger partial charge in [-0.25, -0.2) is 13.8 Å². The van der Waals surface area contributed by atoms with Crippen LogP contribution in [0.4, 0.5) is 26.0 Å². The predicted octanol–water partition coefficient (Wildman–Crippen LogP) is 4.52. The number of nitrogens with two attached hydrogens (primary N) is 1. The Bertz CT molecular complexity index is 1400. The lowest BCUT2D eigenvalue weighted by molar-refractivity contribution is -0.119. The second kappa shape index (κ2) is 12.5. The first-order valence-electron chi connectivity index (χ1n) is 10.9. The van der Waals surface area contributed by atoms with Gasteiger partial charge in [-0.05, 0) is 36.4 Å². The zero-order valence-electron chi connectivity index (χ0n) is 20.0. The Balaban J connectivity index is 1.87. The second-order valence-corrected chi connectivity index (χ2v) is 8.06. The molecule has 0 saturated carbocycles. The maximum absolute atomic E-state index is 14.8. The van der Waals surface area contributed by atoms with Crippen molar-refractivity contribution in [3.8, 4) is 11.5 Å². The van der Waals surface area contributed by atoms with Crippen LogP contribution in [0, 0.1) is 11.6 Å². The third-order valence-corrected chi connectivity index (χ3v) is 5.43. The number of hydrogen-bond acceptors (Lipinski definition) is 6. The van der Waals surface area contributed by atoms with Crippen molar-refractivity contribution in [2.75, 3.05) is 29.5 Å². The molecule has 3 rings (SSSR count). The number of hydrogen-bond donors (Lipinski definition) is 2. The van der Waals surface area contributed by atoms with Crippen LogP contribution in [0.25, 0.3) is 0 Å². The Morgan fingerprint density at radius 2 is 1.87 bits per heavy atom. The van der Waals surface area contributed by atoms with Gasteiger partial charge in [0.05, 0.1) is 0 Å². The number of likely N-dealkylation sites (N-methyl/N-ethyl adjacent to an activating group) is 1. The molecule has 1 heterocycles. The number of amides is 3. The molecule has 0 saturated heterocycles. The van der Waals surface area contributed by atoms with Gasteiger partial charge in [-0.1, -0.05) is 17.7 Å². The van der Waals surface area contributed by atoms with Crippen LogP contribution in [-0.2, 0) is 14.4 Å². The van der Waals surface area contributed by atoms with Crippen LogP contribution < -0.4 is 20.7 Å². The van der Waals surface area contributed by atoms with E-state index in [0.717, 1.165) is 34.2 Å². The van der Waals surface area contributed by atoms with Gasteiger partial charge >= 0.3 is 0 Å². The Morgan fingerprint density at radius 1 is 1.16 bits per heavy atom. The van der Waals surface area contributed by atoms with Crippen LogP contribution in [0.1, 0.15) is 0 Å². The van der Waals surface area contributed by atoms with Crippen molar-refractivity contribution >= 4 is 47.0 Å². The lowest BCUT2D eigenvalue weighted by atomic mass is 10.2. The van der Waals surface area contributed by atoms with Crippen molar-refractivity contribution in [2.24, 2.45) is 0 Å². The van der Waals surface area contributed by atoms with Crippen LogP contribution in [0.2, 0.25) is 5.02 Å². The molecule has 0 radical (unpaired) electrons. The fraction of sp³-hybridized carbons (Fsp3) is 0.0769. The molecule has 0 aliphatic heterocycles. The molecule has 0 bridgehead atoms. The maximum Gasteiger partial charge on any atom is 0.265 e. The number of nitrogens with zero attached hydrogens (tertiary/aromatic N) is 3. The van der Waals surface area contributed by atoms with Gasteiger partial charge in [0, 0.05) is 49.5 Å². The highest BCUT2D eigenvalue weighted by molar-refractivity contribution is 6.34. The summed E-state index contributed by atoms with van der Waals surface area (Å²) in [5, 5.41) is 2.43. The Hall–Kier alpha value is -4.77. The van der Waals surface area contributed by atoms with Gasteiger partial charge < -0.3 is 25.6 Å². The monoisotopic (exact) mass is 541 g/mol. The smallest absolute Gasteiger partial charge is 0.265 e. The highest BCUT2D eigenvalue weighted by atomic mass is 35.5. The number of carbonyl (C=O) groups is 3. The highest BCUT2D eigenvalue weighted by Gasteiger charge is 2.25. The zero-order valence-corrected chi connectivity index (χ0v) is 20.8. The molecule has 3 aromatic rings. The number of nitrogen functional groups attached to an aromatic ring is 1. The third kappa shape index (κ3) is 6.71. The lowest BCUT2D eigenvalue weighted by Gasteiger charge is -2.20. The fourth-order valence-electron chi connectivity index (χ4n) is 3.11. The molecular weight excluding hydrogens is 520 g/mol. The molecule has 3 amide bonds. The van der Waals surface area contributed by atoms with Gasteiger partial charge in [0.25, 0.3) is 11.8 Å². The number of ether oxygens (including phenoxy) is 1. The van der Waals surface area contributed by atoms with E-state index in [1.165, 1.54) is 49.7 Å². The van der Waals surface area contributed by atoms with E-state index in [2.05, 4.69) is 16.9 Å². The molecule has 0 spiro atoms. The molecule has 0 aliphatic rings. The van der Waals surface area contributed by atoms with Gasteiger partial charge in [0.1, 0.15) is 22.2 Å². The van der Waals surface area contributed by atoms with E-state index in [-0.39, 0.29) is 34.6 Å². The molecule has 38 heavy (non-hydrogen) atoms. The Kier molecular flexibility index (Phi) is 9.12. The van der Waals surface area contributed by atoms with Gasteiger partial charge in [0.2, 0.25) is 6.41 Å². The number of benzene rings is 2. The third-order valence-electron chi connectivity index (χ3n) is 5.05. The van der Waals surface area contributed by atoms with Gasteiger partial charge in [-0.2, -0.15) is 0 Å². The van der Waals surface area contributed by atoms with Crippen molar-refractivity contribution in [3.63, 3.8) is 0 Å². The van der Waals surface area contributed by atoms with Gasteiger partial charge in [0.15, 0.2) is 17.3 Å². The average molecular weight is 542 g/mol. The molecule has 1 aromatic heterocycles.